The fraction of sp³-hybridized carbons (Fsp3) is 0.417. The molecule has 1 aromatic carbocycles. The Kier molecular flexibility index (Phi) is 7.27. The summed E-state index contributed by atoms with van der Waals surface area (Å²) in [6.07, 6.45) is 2.44. The number of rotatable bonds is 8. The lowest BCUT2D eigenvalue weighted by atomic mass is 10.1. The second-order valence-corrected chi connectivity index (χ2v) is 8.04. The fourth-order valence-corrected chi connectivity index (χ4v) is 4.02. The number of aryl methyl sites for hydroxylation is 1. The Morgan fingerprint density at radius 1 is 1.03 bits per heavy atom. The molecule has 4 rings (SSSR count). The molecule has 10 nitrogen and oxygen atoms in total. The van der Waals surface area contributed by atoms with Gasteiger partial charge in [0, 0.05) is 55.2 Å². The summed E-state index contributed by atoms with van der Waals surface area (Å²) < 4.78 is 17.8. The molecule has 1 aliphatic rings. The number of nitrogens with one attached hydrogen (secondary N) is 1. The van der Waals surface area contributed by atoms with Crippen molar-refractivity contribution in [3.8, 4) is 17.3 Å². The van der Waals surface area contributed by atoms with Gasteiger partial charge in [-0.2, -0.15) is 5.10 Å². The summed E-state index contributed by atoms with van der Waals surface area (Å²) in [7, 11) is 3.15. The third kappa shape index (κ3) is 5.28. The SMILES string of the molecule is COc1cc(NC(=O)CCc2c(C)nn(-c3cc(N4CCOCC4)ncn3)c2C)cc(OC)c1. The van der Waals surface area contributed by atoms with Gasteiger partial charge in [0.15, 0.2) is 5.82 Å². The molecule has 1 N–H and O–H groups in total. The molecule has 10 heteroatoms. The quantitative estimate of drug-likeness (QED) is 0.541. The molecule has 0 spiro atoms. The number of amides is 1. The molecule has 0 unspecified atom stereocenters. The van der Waals surface area contributed by atoms with Crippen LogP contribution in [-0.4, -0.2) is 66.2 Å². The zero-order chi connectivity index (χ0) is 24.1. The molecule has 0 bridgehead atoms. The van der Waals surface area contributed by atoms with Crippen molar-refractivity contribution in [1.82, 2.24) is 19.7 Å². The number of hydrogen-bond acceptors (Lipinski definition) is 8. The number of hydrogen-bond donors (Lipinski definition) is 1. The Labute approximate surface area is 198 Å². The molecular formula is C24H30N6O4. The first kappa shape index (κ1) is 23.5. The topological polar surface area (TPSA) is 104 Å². The highest BCUT2D eigenvalue weighted by Gasteiger charge is 2.18. The van der Waals surface area contributed by atoms with Crippen LogP contribution in [0.1, 0.15) is 23.4 Å². The Hall–Kier alpha value is -3.66. The third-order valence-electron chi connectivity index (χ3n) is 5.87. The van der Waals surface area contributed by atoms with Crippen LogP contribution in [0.25, 0.3) is 5.82 Å². The highest BCUT2D eigenvalue weighted by molar-refractivity contribution is 5.91. The number of carbonyl (C=O) groups excluding carboxylic acids is 1. The van der Waals surface area contributed by atoms with Crippen LogP contribution in [0.5, 0.6) is 11.5 Å². The van der Waals surface area contributed by atoms with Gasteiger partial charge in [-0.1, -0.05) is 0 Å². The van der Waals surface area contributed by atoms with E-state index in [2.05, 4.69) is 20.2 Å². The van der Waals surface area contributed by atoms with E-state index < -0.39 is 0 Å². The first-order valence-corrected chi connectivity index (χ1v) is 11.2. The smallest absolute Gasteiger partial charge is 0.224 e. The van der Waals surface area contributed by atoms with Gasteiger partial charge in [0.2, 0.25) is 5.91 Å². The Morgan fingerprint density at radius 3 is 2.38 bits per heavy atom. The number of nitrogens with zero attached hydrogens (tertiary/aromatic N) is 5. The maximum Gasteiger partial charge on any atom is 0.224 e. The minimum atomic E-state index is -0.0986. The number of carbonyl (C=O) groups is 1. The van der Waals surface area contributed by atoms with Crippen LogP contribution < -0.4 is 19.7 Å². The molecule has 3 heterocycles. The van der Waals surface area contributed by atoms with E-state index in [-0.39, 0.29) is 5.91 Å². The van der Waals surface area contributed by atoms with Crippen LogP contribution in [0, 0.1) is 13.8 Å². The summed E-state index contributed by atoms with van der Waals surface area (Å²) in [5.41, 5.74) is 3.49. The van der Waals surface area contributed by atoms with Crippen LogP contribution in [0.4, 0.5) is 11.5 Å². The summed E-state index contributed by atoms with van der Waals surface area (Å²) >= 11 is 0. The van der Waals surface area contributed by atoms with Gasteiger partial charge in [-0.25, -0.2) is 14.6 Å². The maximum atomic E-state index is 12.6. The van der Waals surface area contributed by atoms with Gasteiger partial charge in [0.05, 0.1) is 33.1 Å². The highest BCUT2D eigenvalue weighted by Crippen LogP contribution is 2.26. The molecule has 3 aromatic rings. The van der Waals surface area contributed by atoms with E-state index >= 15 is 0 Å². The second kappa shape index (κ2) is 10.5. The lowest BCUT2D eigenvalue weighted by molar-refractivity contribution is -0.116. The monoisotopic (exact) mass is 466 g/mol. The zero-order valence-electron chi connectivity index (χ0n) is 20.0. The van der Waals surface area contributed by atoms with Crippen LogP contribution in [0.15, 0.2) is 30.6 Å². The van der Waals surface area contributed by atoms with Crippen molar-refractivity contribution < 1.29 is 19.0 Å². The molecule has 0 atom stereocenters. The van der Waals surface area contributed by atoms with Crippen LogP contribution in [0.3, 0.4) is 0 Å². The van der Waals surface area contributed by atoms with Crippen molar-refractivity contribution in [3.63, 3.8) is 0 Å². The summed E-state index contributed by atoms with van der Waals surface area (Å²) in [6.45, 7) is 6.92. The number of methoxy groups -OCH3 is 2. The molecule has 1 saturated heterocycles. The molecule has 0 radical (unpaired) electrons. The van der Waals surface area contributed by atoms with E-state index in [1.807, 2.05) is 24.6 Å². The summed E-state index contributed by atoms with van der Waals surface area (Å²) in [4.78, 5) is 23.7. The first-order valence-electron chi connectivity index (χ1n) is 11.2. The molecule has 1 fully saturated rings. The van der Waals surface area contributed by atoms with Gasteiger partial charge < -0.3 is 24.4 Å². The van der Waals surface area contributed by atoms with E-state index in [4.69, 9.17) is 19.3 Å². The lowest BCUT2D eigenvalue weighted by Crippen LogP contribution is -2.36. The summed E-state index contributed by atoms with van der Waals surface area (Å²) in [6, 6.07) is 7.22. The van der Waals surface area contributed by atoms with E-state index in [1.165, 1.54) is 0 Å². The van der Waals surface area contributed by atoms with Crippen LogP contribution in [0.2, 0.25) is 0 Å². The standard InChI is InChI=1S/C24H30N6O4/c1-16-21(5-6-24(31)27-18-11-19(32-3)13-20(12-18)33-4)17(2)30(28-16)23-14-22(25-15-26-23)29-7-9-34-10-8-29/h11-15H,5-10H2,1-4H3,(H,27,31). The van der Waals surface area contributed by atoms with Crippen molar-refractivity contribution in [2.45, 2.75) is 26.7 Å². The minimum absolute atomic E-state index is 0.0986. The molecule has 0 saturated carbocycles. The van der Waals surface area contributed by atoms with Crippen molar-refractivity contribution in [2.75, 3.05) is 50.7 Å². The number of morpholine rings is 1. The number of ether oxygens (including phenoxy) is 3. The Morgan fingerprint density at radius 2 is 1.71 bits per heavy atom. The second-order valence-electron chi connectivity index (χ2n) is 8.04. The van der Waals surface area contributed by atoms with Crippen LogP contribution in [-0.2, 0) is 16.0 Å². The molecular weight excluding hydrogens is 436 g/mol. The van der Waals surface area contributed by atoms with Gasteiger partial charge in [-0.3, -0.25) is 4.79 Å². The fourth-order valence-electron chi connectivity index (χ4n) is 4.02. The van der Waals surface area contributed by atoms with E-state index in [0.29, 0.717) is 49.1 Å². The van der Waals surface area contributed by atoms with Gasteiger partial charge >= 0.3 is 0 Å². The zero-order valence-corrected chi connectivity index (χ0v) is 20.0. The molecule has 180 valence electrons. The highest BCUT2D eigenvalue weighted by atomic mass is 16.5. The lowest BCUT2D eigenvalue weighted by Gasteiger charge is -2.27. The average molecular weight is 467 g/mol. The summed E-state index contributed by atoms with van der Waals surface area (Å²) in [5, 5.41) is 7.61. The van der Waals surface area contributed by atoms with Crippen molar-refractivity contribution in [3.05, 3.63) is 47.5 Å². The van der Waals surface area contributed by atoms with E-state index in [0.717, 1.165) is 35.9 Å². The molecule has 2 aromatic heterocycles. The van der Waals surface area contributed by atoms with Gasteiger partial charge in [-0.05, 0) is 25.8 Å². The minimum Gasteiger partial charge on any atom is -0.497 e. The van der Waals surface area contributed by atoms with E-state index in [9.17, 15) is 4.79 Å². The molecule has 0 aliphatic carbocycles. The van der Waals surface area contributed by atoms with Crippen molar-refractivity contribution in [1.29, 1.82) is 0 Å². The molecule has 34 heavy (non-hydrogen) atoms. The predicted octanol–water partition coefficient (Wildman–Crippen LogP) is 2.70. The average Bonchev–Trinajstić information content (AvgIpc) is 3.16. The van der Waals surface area contributed by atoms with E-state index in [1.54, 1.807) is 38.7 Å². The third-order valence-corrected chi connectivity index (χ3v) is 5.87. The number of benzene rings is 1. The van der Waals surface area contributed by atoms with Gasteiger partial charge in [0.25, 0.3) is 0 Å². The molecule has 1 amide bonds. The Balaban J connectivity index is 1.45. The normalized spacial score (nSPS) is 13.6. The Bertz CT molecular complexity index is 1130. The maximum absolute atomic E-state index is 12.6. The van der Waals surface area contributed by atoms with Crippen molar-refractivity contribution >= 4 is 17.4 Å². The number of anilines is 2. The van der Waals surface area contributed by atoms with Crippen LogP contribution >= 0.6 is 0 Å². The largest absolute Gasteiger partial charge is 0.497 e. The molecule has 1 aliphatic heterocycles. The summed E-state index contributed by atoms with van der Waals surface area (Å²) in [5.74, 6) is 2.69. The van der Waals surface area contributed by atoms with Crippen molar-refractivity contribution in [2.24, 2.45) is 0 Å². The van der Waals surface area contributed by atoms with Gasteiger partial charge in [0.1, 0.15) is 23.6 Å². The number of aromatic nitrogens is 4. The first-order chi connectivity index (χ1) is 16.5. The predicted molar refractivity (Wildman–Crippen MR) is 128 cm³/mol. The van der Waals surface area contributed by atoms with Gasteiger partial charge in [-0.15, -0.1) is 0 Å².